The third-order valence-electron chi connectivity index (χ3n) is 7.49. The second-order valence-corrected chi connectivity index (χ2v) is 11.7. The number of rotatable bonds is 5. The minimum atomic E-state index is -3.70. The maximum Gasteiger partial charge on any atom is 0.241 e. The minimum Gasteiger partial charge on any atom is -0.338 e. The van der Waals surface area contributed by atoms with E-state index in [-0.39, 0.29) is 19.4 Å². The Morgan fingerprint density at radius 3 is 2.41 bits per heavy atom. The topological polar surface area (TPSA) is 122 Å². The third kappa shape index (κ3) is 4.39. The molecule has 0 unspecified atom stereocenters. The molecule has 6 rings (SSSR count). The van der Waals surface area contributed by atoms with Gasteiger partial charge in [0.1, 0.15) is 11.7 Å². The number of fused-ring (bicyclic) bond motifs is 2. The van der Waals surface area contributed by atoms with Gasteiger partial charge in [0.05, 0.1) is 21.8 Å². The van der Waals surface area contributed by atoms with Crippen molar-refractivity contribution in [3.63, 3.8) is 0 Å². The standard InChI is InChI=1S/C30H28N6O2S.2H2/c1-20-9-15-23(16-10-20)39(37,38)35-30(17-5-18-30)22-13-11-21(12-14-22)27(31)36-26-8-4-19-33-29(26)34-25-7-3-2-6-24(25)28(36)32;;/h2-4,6-16,19,31-32,35H,5,17-18H2,1H3,(H,33,34);2*1H. The van der Waals surface area contributed by atoms with Gasteiger partial charge in [-0.2, -0.15) is 0 Å². The van der Waals surface area contributed by atoms with Crippen LogP contribution in [0, 0.1) is 17.7 Å². The molecule has 0 atom stereocenters. The maximum absolute atomic E-state index is 13.2. The lowest BCUT2D eigenvalue weighted by atomic mass is 9.72. The van der Waals surface area contributed by atoms with Crippen LogP contribution in [0.3, 0.4) is 0 Å². The molecule has 2 heterocycles. The predicted octanol–water partition coefficient (Wildman–Crippen LogP) is 6.15. The Kier molecular flexibility index (Phi) is 6.05. The molecule has 39 heavy (non-hydrogen) atoms. The molecule has 1 aromatic heterocycles. The Morgan fingerprint density at radius 1 is 1.00 bits per heavy atom. The Hall–Kier alpha value is -4.34. The summed E-state index contributed by atoms with van der Waals surface area (Å²) in [5, 5.41) is 21.4. The normalized spacial score (nSPS) is 15.8. The van der Waals surface area contributed by atoms with Crippen molar-refractivity contribution in [3.8, 4) is 0 Å². The second-order valence-electron chi connectivity index (χ2n) is 10.0. The van der Waals surface area contributed by atoms with E-state index in [1.165, 1.54) is 0 Å². The number of anilines is 3. The highest BCUT2D eigenvalue weighted by Crippen LogP contribution is 2.43. The van der Waals surface area contributed by atoms with Crippen LogP contribution >= 0.6 is 0 Å². The van der Waals surface area contributed by atoms with Gasteiger partial charge in [-0.15, -0.1) is 0 Å². The Morgan fingerprint density at radius 2 is 1.72 bits per heavy atom. The number of aromatic nitrogens is 1. The molecule has 1 fully saturated rings. The van der Waals surface area contributed by atoms with Crippen LogP contribution < -0.4 is 14.9 Å². The van der Waals surface area contributed by atoms with E-state index in [4.69, 9.17) is 10.8 Å². The number of pyridine rings is 1. The van der Waals surface area contributed by atoms with Crippen LogP contribution in [0.1, 0.15) is 44.4 Å². The van der Waals surface area contributed by atoms with Crippen LogP contribution in [0.25, 0.3) is 0 Å². The van der Waals surface area contributed by atoms with Crippen LogP contribution in [-0.2, 0) is 15.6 Å². The van der Waals surface area contributed by atoms with Crippen molar-refractivity contribution in [1.82, 2.24) is 9.71 Å². The first-order valence-corrected chi connectivity index (χ1v) is 14.3. The fraction of sp³-hybridized carbons (Fsp3) is 0.167. The number of sulfonamides is 1. The van der Waals surface area contributed by atoms with E-state index in [9.17, 15) is 8.42 Å². The molecule has 1 aliphatic carbocycles. The third-order valence-corrected chi connectivity index (χ3v) is 9.04. The Balaban J connectivity index is 0.00000194. The van der Waals surface area contributed by atoms with Crippen molar-refractivity contribution in [2.45, 2.75) is 36.6 Å². The van der Waals surface area contributed by atoms with Gasteiger partial charge in [0.25, 0.3) is 0 Å². The highest BCUT2D eigenvalue weighted by Gasteiger charge is 2.42. The summed E-state index contributed by atoms with van der Waals surface area (Å²) >= 11 is 0. The number of nitrogens with one attached hydrogen (secondary N) is 4. The summed E-state index contributed by atoms with van der Waals surface area (Å²) in [4.78, 5) is 6.28. The van der Waals surface area contributed by atoms with Crippen molar-refractivity contribution in [1.29, 1.82) is 10.8 Å². The zero-order valence-corrected chi connectivity index (χ0v) is 22.2. The predicted molar refractivity (Wildman–Crippen MR) is 158 cm³/mol. The molecule has 200 valence electrons. The number of amidine groups is 2. The zero-order chi connectivity index (χ0) is 27.2. The summed E-state index contributed by atoms with van der Waals surface area (Å²) in [6.45, 7) is 1.92. The van der Waals surface area contributed by atoms with Gasteiger partial charge in [0, 0.05) is 20.2 Å². The van der Waals surface area contributed by atoms with Crippen molar-refractivity contribution in [2.75, 3.05) is 10.2 Å². The molecule has 0 spiro atoms. The number of benzene rings is 3. The van der Waals surface area contributed by atoms with Gasteiger partial charge in [-0.1, -0.05) is 54.1 Å². The molecule has 0 saturated heterocycles. The average molecular weight is 541 g/mol. The van der Waals surface area contributed by atoms with Crippen molar-refractivity contribution in [2.24, 2.45) is 0 Å². The van der Waals surface area contributed by atoms with E-state index in [0.717, 1.165) is 23.2 Å². The van der Waals surface area contributed by atoms with Gasteiger partial charge in [-0.3, -0.25) is 15.7 Å². The first kappa shape index (κ1) is 25.0. The van der Waals surface area contributed by atoms with Crippen LogP contribution in [0.15, 0.2) is 96.0 Å². The molecule has 8 nitrogen and oxygen atoms in total. The quantitative estimate of drug-likeness (QED) is 0.179. The fourth-order valence-electron chi connectivity index (χ4n) is 5.16. The molecule has 3 aromatic carbocycles. The second kappa shape index (κ2) is 9.44. The summed E-state index contributed by atoms with van der Waals surface area (Å²) in [6, 6.07) is 25.4. The Bertz CT molecular complexity index is 1710. The van der Waals surface area contributed by atoms with Crippen LogP contribution in [0.5, 0.6) is 0 Å². The van der Waals surface area contributed by atoms with E-state index < -0.39 is 15.6 Å². The van der Waals surface area contributed by atoms with Gasteiger partial charge in [0.2, 0.25) is 10.0 Å². The molecule has 2 aliphatic rings. The molecule has 1 saturated carbocycles. The summed E-state index contributed by atoms with van der Waals surface area (Å²) in [7, 11) is -3.70. The van der Waals surface area contributed by atoms with Crippen molar-refractivity contribution >= 4 is 38.9 Å². The Labute approximate surface area is 230 Å². The lowest BCUT2D eigenvalue weighted by molar-refractivity contribution is 0.224. The fourth-order valence-corrected chi connectivity index (χ4v) is 6.61. The van der Waals surface area contributed by atoms with Crippen LogP contribution in [0.2, 0.25) is 0 Å². The van der Waals surface area contributed by atoms with Gasteiger partial charge in [-0.25, -0.2) is 18.1 Å². The summed E-state index contributed by atoms with van der Waals surface area (Å²) < 4.78 is 29.4. The van der Waals surface area contributed by atoms with Gasteiger partial charge >= 0.3 is 0 Å². The molecule has 0 amide bonds. The summed E-state index contributed by atoms with van der Waals surface area (Å²) in [6.07, 6.45) is 4.01. The largest absolute Gasteiger partial charge is 0.338 e. The van der Waals surface area contributed by atoms with E-state index in [1.807, 2.05) is 61.5 Å². The highest BCUT2D eigenvalue weighted by atomic mass is 32.2. The molecular weight excluding hydrogens is 508 g/mol. The van der Waals surface area contributed by atoms with Crippen molar-refractivity contribution < 1.29 is 11.3 Å². The van der Waals surface area contributed by atoms with Crippen LogP contribution in [0.4, 0.5) is 17.2 Å². The van der Waals surface area contributed by atoms with E-state index >= 15 is 0 Å². The summed E-state index contributed by atoms with van der Waals surface area (Å²) in [5.41, 5.74) is 3.81. The van der Waals surface area contributed by atoms with Gasteiger partial charge in [0.15, 0.2) is 5.82 Å². The molecule has 1 aliphatic heterocycles. The minimum absolute atomic E-state index is 0. The van der Waals surface area contributed by atoms with Crippen molar-refractivity contribution in [3.05, 3.63) is 113 Å². The van der Waals surface area contributed by atoms with E-state index in [0.29, 0.717) is 35.5 Å². The molecule has 4 N–H and O–H groups in total. The number of hydrogen-bond acceptors (Lipinski definition) is 6. The van der Waals surface area contributed by atoms with Gasteiger partial charge < -0.3 is 5.32 Å². The zero-order valence-electron chi connectivity index (χ0n) is 21.4. The highest BCUT2D eigenvalue weighted by molar-refractivity contribution is 7.89. The number of aryl methyl sites for hydroxylation is 1. The lowest BCUT2D eigenvalue weighted by Crippen LogP contribution is -2.50. The monoisotopic (exact) mass is 540 g/mol. The molecule has 9 heteroatoms. The molecule has 0 radical (unpaired) electrons. The lowest BCUT2D eigenvalue weighted by Gasteiger charge is -2.42. The average Bonchev–Trinajstić information content (AvgIpc) is 3.04. The van der Waals surface area contributed by atoms with Crippen LogP contribution in [-0.4, -0.2) is 25.1 Å². The molecule has 0 bridgehead atoms. The van der Waals surface area contributed by atoms with Gasteiger partial charge in [-0.05, 0) is 68.1 Å². The summed E-state index contributed by atoms with van der Waals surface area (Å²) in [5.74, 6) is 0.856. The maximum atomic E-state index is 13.2. The number of nitrogens with zero attached hydrogens (tertiary/aromatic N) is 2. The smallest absolute Gasteiger partial charge is 0.241 e. The van der Waals surface area contributed by atoms with E-state index in [1.54, 1.807) is 41.4 Å². The number of para-hydroxylation sites is 1. The SMILES string of the molecule is Cc1ccc(S(=O)(=O)NC2(c3ccc(C(=N)N4C(=N)c5ccccc5Nc5ncccc54)cc3)CCC2)cc1.[HH].[HH]. The van der Waals surface area contributed by atoms with E-state index in [2.05, 4.69) is 15.0 Å². The molecular formula is C30H32N6O2S. The molecule has 4 aromatic rings. The number of hydrogen-bond donors (Lipinski definition) is 4. The first-order chi connectivity index (χ1) is 18.8. The first-order valence-electron chi connectivity index (χ1n) is 12.8.